The van der Waals surface area contributed by atoms with Gasteiger partial charge < -0.3 is 4.42 Å². The van der Waals surface area contributed by atoms with E-state index in [0.717, 1.165) is 5.56 Å². The standard InChI is InChI=1S/C12H11NO4S/c14-18(15,16)12-7-6-11(17-12)9-13-8-10-4-2-1-3-5-10/h1-7,9H,8H2,(H,14,15,16). The molecule has 0 bridgehead atoms. The van der Waals surface area contributed by atoms with Gasteiger partial charge >= 0.3 is 10.1 Å². The molecule has 0 aliphatic carbocycles. The Morgan fingerprint density at radius 3 is 2.50 bits per heavy atom. The highest BCUT2D eigenvalue weighted by Gasteiger charge is 2.13. The van der Waals surface area contributed by atoms with Gasteiger partial charge in [0, 0.05) is 0 Å². The molecule has 2 rings (SSSR count). The molecule has 0 unspecified atom stereocenters. The van der Waals surface area contributed by atoms with Crippen LogP contribution in [0.25, 0.3) is 0 Å². The summed E-state index contributed by atoms with van der Waals surface area (Å²) < 4.78 is 35.2. The van der Waals surface area contributed by atoms with E-state index in [9.17, 15) is 8.42 Å². The summed E-state index contributed by atoms with van der Waals surface area (Å²) in [5, 5.41) is -0.483. The van der Waals surface area contributed by atoms with E-state index >= 15 is 0 Å². The van der Waals surface area contributed by atoms with Crippen LogP contribution in [0.1, 0.15) is 11.3 Å². The van der Waals surface area contributed by atoms with E-state index in [1.807, 2.05) is 30.3 Å². The van der Waals surface area contributed by atoms with Crippen LogP contribution in [-0.2, 0) is 16.7 Å². The van der Waals surface area contributed by atoms with Crippen LogP contribution in [0.4, 0.5) is 0 Å². The summed E-state index contributed by atoms with van der Waals surface area (Å²) in [5.41, 5.74) is 1.04. The zero-order chi connectivity index (χ0) is 13.0. The van der Waals surface area contributed by atoms with E-state index in [2.05, 4.69) is 4.99 Å². The highest BCUT2D eigenvalue weighted by Crippen LogP contribution is 2.12. The van der Waals surface area contributed by atoms with Crippen LogP contribution in [0.3, 0.4) is 0 Å². The summed E-state index contributed by atoms with van der Waals surface area (Å²) in [5.74, 6) is 0.276. The monoisotopic (exact) mass is 265 g/mol. The van der Waals surface area contributed by atoms with Gasteiger partial charge in [0.2, 0.25) is 5.09 Å². The Labute approximate surface area is 105 Å². The predicted molar refractivity (Wildman–Crippen MR) is 66.3 cm³/mol. The maximum Gasteiger partial charge on any atom is 0.328 e. The molecule has 1 aromatic carbocycles. The van der Waals surface area contributed by atoms with Crippen molar-refractivity contribution in [2.75, 3.05) is 0 Å². The van der Waals surface area contributed by atoms with Crippen molar-refractivity contribution < 1.29 is 17.4 Å². The average molecular weight is 265 g/mol. The van der Waals surface area contributed by atoms with E-state index in [4.69, 9.17) is 8.97 Å². The molecule has 1 aromatic heterocycles. The Hall–Kier alpha value is -1.92. The zero-order valence-corrected chi connectivity index (χ0v) is 10.2. The second kappa shape index (κ2) is 5.16. The fourth-order valence-corrected chi connectivity index (χ4v) is 1.81. The molecule has 1 N–H and O–H groups in total. The van der Waals surface area contributed by atoms with Gasteiger partial charge in [0.1, 0.15) is 5.76 Å². The van der Waals surface area contributed by atoms with Crippen LogP contribution >= 0.6 is 0 Å². The lowest BCUT2D eigenvalue weighted by Crippen LogP contribution is -1.94. The summed E-state index contributed by atoms with van der Waals surface area (Å²) in [6.07, 6.45) is 1.42. The maximum absolute atomic E-state index is 10.8. The quantitative estimate of drug-likeness (QED) is 0.678. The first kappa shape index (κ1) is 12.5. The van der Waals surface area contributed by atoms with Gasteiger partial charge in [0.25, 0.3) is 0 Å². The number of nitrogens with zero attached hydrogens (tertiary/aromatic N) is 1. The normalized spacial score (nSPS) is 12.1. The maximum atomic E-state index is 10.8. The minimum absolute atomic E-state index is 0.276. The van der Waals surface area contributed by atoms with Crippen molar-refractivity contribution in [1.29, 1.82) is 0 Å². The fraction of sp³-hybridized carbons (Fsp3) is 0.0833. The second-order valence-corrected chi connectivity index (χ2v) is 4.94. The molecule has 5 nitrogen and oxygen atoms in total. The van der Waals surface area contributed by atoms with Gasteiger partial charge in [0.05, 0.1) is 12.8 Å². The molecule has 0 saturated carbocycles. The molecule has 0 fully saturated rings. The molecular formula is C12H11NO4S. The van der Waals surface area contributed by atoms with Crippen molar-refractivity contribution in [2.45, 2.75) is 11.6 Å². The van der Waals surface area contributed by atoms with E-state index in [-0.39, 0.29) is 5.76 Å². The van der Waals surface area contributed by atoms with Crippen molar-refractivity contribution in [3.8, 4) is 0 Å². The molecule has 18 heavy (non-hydrogen) atoms. The molecule has 0 saturated heterocycles. The first-order chi connectivity index (χ1) is 8.55. The highest BCUT2D eigenvalue weighted by atomic mass is 32.2. The molecule has 0 aliphatic rings. The Morgan fingerprint density at radius 2 is 1.89 bits per heavy atom. The second-order valence-electron chi connectivity index (χ2n) is 3.59. The molecule has 0 amide bonds. The first-order valence-electron chi connectivity index (χ1n) is 5.17. The Balaban J connectivity index is 2.04. The number of rotatable bonds is 4. The van der Waals surface area contributed by atoms with Crippen molar-refractivity contribution in [1.82, 2.24) is 0 Å². The lowest BCUT2D eigenvalue weighted by atomic mass is 10.2. The summed E-state index contributed by atoms with van der Waals surface area (Å²) in [7, 11) is -4.29. The number of hydrogen-bond acceptors (Lipinski definition) is 4. The molecule has 0 aliphatic heterocycles. The number of furan rings is 1. The van der Waals surface area contributed by atoms with Gasteiger partial charge in [-0.3, -0.25) is 9.55 Å². The summed E-state index contributed by atoms with van der Waals surface area (Å²) >= 11 is 0. The van der Waals surface area contributed by atoms with Gasteiger partial charge in [-0.2, -0.15) is 8.42 Å². The minimum Gasteiger partial charge on any atom is -0.441 e. The van der Waals surface area contributed by atoms with Crippen molar-refractivity contribution >= 4 is 16.3 Å². The Kier molecular flexibility index (Phi) is 3.59. The van der Waals surface area contributed by atoms with Crippen LogP contribution in [0.5, 0.6) is 0 Å². The third-order valence-corrected chi connectivity index (χ3v) is 2.92. The van der Waals surface area contributed by atoms with E-state index in [1.54, 1.807) is 0 Å². The summed E-state index contributed by atoms with van der Waals surface area (Å²) in [6, 6.07) is 12.2. The third-order valence-electron chi connectivity index (χ3n) is 2.19. The van der Waals surface area contributed by atoms with Gasteiger partial charge in [-0.05, 0) is 17.7 Å². The van der Waals surface area contributed by atoms with Crippen molar-refractivity contribution in [3.05, 3.63) is 53.8 Å². The molecule has 0 radical (unpaired) electrons. The average Bonchev–Trinajstić information content (AvgIpc) is 2.79. The van der Waals surface area contributed by atoms with Crippen LogP contribution in [0.2, 0.25) is 0 Å². The molecule has 0 atom stereocenters. The lowest BCUT2D eigenvalue weighted by Gasteiger charge is -1.93. The summed E-state index contributed by atoms with van der Waals surface area (Å²) in [4.78, 5) is 4.11. The minimum atomic E-state index is -4.29. The van der Waals surface area contributed by atoms with E-state index in [0.29, 0.717) is 6.54 Å². The van der Waals surface area contributed by atoms with Gasteiger partial charge in [-0.15, -0.1) is 0 Å². The SMILES string of the molecule is O=S(=O)(O)c1ccc(C=NCc2ccccc2)o1. The first-order valence-corrected chi connectivity index (χ1v) is 6.61. The third kappa shape index (κ3) is 3.28. The van der Waals surface area contributed by atoms with E-state index in [1.165, 1.54) is 18.3 Å². The largest absolute Gasteiger partial charge is 0.441 e. The van der Waals surface area contributed by atoms with Crippen LogP contribution in [-0.4, -0.2) is 19.2 Å². The smallest absolute Gasteiger partial charge is 0.328 e. The number of hydrogen-bond donors (Lipinski definition) is 1. The van der Waals surface area contributed by atoms with Gasteiger partial charge in [0.15, 0.2) is 0 Å². The highest BCUT2D eigenvalue weighted by molar-refractivity contribution is 7.85. The molecular weight excluding hydrogens is 254 g/mol. The zero-order valence-electron chi connectivity index (χ0n) is 9.35. The molecule has 94 valence electrons. The van der Waals surface area contributed by atoms with Gasteiger partial charge in [-0.1, -0.05) is 30.3 Å². The number of benzene rings is 1. The van der Waals surface area contributed by atoms with E-state index < -0.39 is 15.2 Å². The number of aliphatic imine (C=N–C) groups is 1. The fourth-order valence-electron chi connectivity index (χ4n) is 1.37. The van der Waals surface area contributed by atoms with Crippen LogP contribution in [0, 0.1) is 0 Å². The van der Waals surface area contributed by atoms with Crippen LogP contribution < -0.4 is 0 Å². The lowest BCUT2D eigenvalue weighted by molar-refractivity contribution is 0.404. The topological polar surface area (TPSA) is 79.9 Å². The molecule has 1 heterocycles. The van der Waals surface area contributed by atoms with Crippen molar-refractivity contribution in [2.24, 2.45) is 4.99 Å². The molecule has 0 spiro atoms. The van der Waals surface area contributed by atoms with Crippen molar-refractivity contribution in [3.63, 3.8) is 0 Å². The predicted octanol–water partition coefficient (Wildman–Crippen LogP) is 2.15. The Morgan fingerprint density at radius 1 is 1.17 bits per heavy atom. The Bertz CT molecular complexity index is 644. The molecule has 6 heteroatoms. The summed E-state index contributed by atoms with van der Waals surface area (Å²) in [6.45, 7) is 0.475. The van der Waals surface area contributed by atoms with Crippen LogP contribution in [0.15, 0.2) is 57.0 Å². The van der Waals surface area contributed by atoms with Gasteiger partial charge in [-0.25, -0.2) is 0 Å². The molecule has 2 aromatic rings.